The van der Waals surface area contributed by atoms with Gasteiger partial charge in [0, 0.05) is 31.2 Å². The lowest BCUT2D eigenvalue weighted by atomic mass is 9.95. The third-order valence-electron chi connectivity index (χ3n) is 11.7. The summed E-state index contributed by atoms with van der Waals surface area (Å²) >= 11 is 0. The minimum Gasteiger partial charge on any atom is -0.340 e. The van der Waals surface area contributed by atoms with E-state index >= 15 is 0 Å². The van der Waals surface area contributed by atoms with Gasteiger partial charge in [-0.3, -0.25) is 24.4 Å². The minimum atomic E-state index is -3.06. The topological polar surface area (TPSA) is 88.1 Å². The molecule has 2 fully saturated rings. The number of likely N-dealkylation sites (tertiary alicyclic amines) is 2. The monoisotopic (exact) mass is 817 g/mol. The summed E-state index contributed by atoms with van der Waals surface area (Å²) in [4.78, 5) is 46.1. The minimum absolute atomic E-state index is 0.306. The van der Waals surface area contributed by atoms with Gasteiger partial charge in [0.2, 0.25) is 11.8 Å². The molecular formula is C47H47F4N7O2. The van der Waals surface area contributed by atoms with Gasteiger partial charge in [-0.1, -0.05) is 109 Å². The van der Waals surface area contributed by atoms with Gasteiger partial charge in [-0.2, -0.15) is 0 Å². The molecule has 8 rings (SSSR count). The van der Waals surface area contributed by atoms with Crippen molar-refractivity contribution in [2.45, 2.75) is 55.3 Å². The predicted molar refractivity (Wildman–Crippen MR) is 224 cm³/mol. The summed E-state index contributed by atoms with van der Waals surface area (Å²) in [5.74, 6) is -6.56. The van der Waals surface area contributed by atoms with E-state index in [0.717, 1.165) is 39.0 Å². The van der Waals surface area contributed by atoms with E-state index in [-0.39, 0.29) is 5.91 Å². The smallest absolute Gasteiger partial charge is 0.267 e. The van der Waals surface area contributed by atoms with Crippen molar-refractivity contribution < 1.29 is 27.2 Å². The van der Waals surface area contributed by atoms with Crippen LogP contribution in [0.5, 0.6) is 0 Å². The number of carbonyl (C=O) groups is 2. The predicted octanol–water partition coefficient (Wildman–Crippen LogP) is 8.68. The number of carbonyl (C=O) groups excluding carboxylic acids is 2. The normalized spacial score (nSPS) is 20.7. The van der Waals surface area contributed by atoms with E-state index in [0.29, 0.717) is 23.7 Å². The fourth-order valence-electron chi connectivity index (χ4n) is 8.75. The zero-order chi connectivity index (χ0) is 42.3. The van der Waals surface area contributed by atoms with E-state index in [2.05, 4.69) is 15.0 Å². The molecule has 2 saturated heterocycles. The maximum Gasteiger partial charge on any atom is 0.267 e. The first-order chi connectivity index (χ1) is 28.7. The molecule has 60 heavy (non-hydrogen) atoms. The molecule has 0 bridgehead atoms. The average Bonchev–Trinajstić information content (AvgIpc) is 4.04. The lowest BCUT2D eigenvalue weighted by Crippen LogP contribution is -2.46. The van der Waals surface area contributed by atoms with Crippen molar-refractivity contribution in [2.24, 2.45) is 4.99 Å². The van der Waals surface area contributed by atoms with E-state index in [9.17, 15) is 27.2 Å². The summed E-state index contributed by atoms with van der Waals surface area (Å²) in [7, 11) is 7.07. The maximum atomic E-state index is 15.0. The third-order valence-corrected chi connectivity index (χ3v) is 11.7. The van der Waals surface area contributed by atoms with Crippen molar-refractivity contribution in [3.8, 4) is 22.4 Å². The van der Waals surface area contributed by atoms with Crippen LogP contribution in [0.2, 0.25) is 0 Å². The van der Waals surface area contributed by atoms with E-state index in [4.69, 9.17) is 0 Å². The Labute approximate surface area is 347 Å². The zero-order valence-corrected chi connectivity index (χ0v) is 33.9. The first-order valence-electron chi connectivity index (χ1n) is 20.0. The molecule has 5 aromatic rings. The summed E-state index contributed by atoms with van der Waals surface area (Å²) in [5.41, 5.74) is 7.15. The molecule has 1 aromatic heterocycles. The highest BCUT2D eigenvalue weighted by molar-refractivity contribution is 6.04. The van der Waals surface area contributed by atoms with Crippen LogP contribution >= 0.6 is 0 Å². The second-order valence-electron chi connectivity index (χ2n) is 16.4. The van der Waals surface area contributed by atoms with Gasteiger partial charge in [0.1, 0.15) is 17.9 Å². The highest BCUT2D eigenvalue weighted by Crippen LogP contribution is 2.43. The highest BCUT2D eigenvalue weighted by Gasteiger charge is 2.52. The molecule has 0 aliphatic carbocycles. The van der Waals surface area contributed by atoms with Gasteiger partial charge in [0.25, 0.3) is 11.8 Å². The number of benzene rings is 4. The standard InChI is InChI=1S/C47H47F4N7O2/c1-55(2)41(34-11-7-5-8-12-34)44(59)57-28-46(48,49)24-39(57)37-23-36(26-52-37)32-17-15-30(16-18-32)31-19-21-33(22-20-31)38-27-53-43(54-38)40-25-47(50,51)29-58(40)45(60)42(56(3)4)35-13-9-6-10-14-35/h5-22,26-27,39-42H,23-25,28-29H2,1-4H3,(H,53,54)/t39-,40-,41+,42+/m0/s1. The van der Waals surface area contributed by atoms with Crippen LogP contribution in [0.1, 0.15) is 59.9 Å². The van der Waals surface area contributed by atoms with Gasteiger partial charge < -0.3 is 14.8 Å². The molecule has 0 radical (unpaired) electrons. The fourth-order valence-corrected chi connectivity index (χ4v) is 8.75. The number of H-pyrrole nitrogens is 1. The van der Waals surface area contributed by atoms with Gasteiger partial charge >= 0.3 is 0 Å². The molecule has 9 nitrogen and oxygen atoms in total. The summed E-state index contributed by atoms with van der Waals surface area (Å²) in [6, 6.07) is 30.9. The molecule has 2 amide bonds. The number of halogens is 4. The lowest BCUT2D eigenvalue weighted by molar-refractivity contribution is -0.139. The third kappa shape index (κ3) is 8.28. The SMILES string of the molecule is CN(C)[C@@H](C(=O)N1CC(F)(F)C[C@H]1C1=NC=C(c2ccc(-c3ccc(-c4cnc([C@@H]5CC(F)(F)CN5C(=O)[C@@H](c5ccccc5)N(C)C)[nH]4)cc3)cc2)C1)c1ccccc1. The molecule has 0 spiro atoms. The van der Waals surface area contributed by atoms with Crippen LogP contribution in [0, 0.1) is 0 Å². The van der Waals surface area contributed by atoms with Crippen LogP contribution in [0.4, 0.5) is 17.6 Å². The van der Waals surface area contributed by atoms with Crippen LogP contribution in [-0.2, 0) is 9.59 Å². The second-order valence-corrected chi connectivity index (χ2v) is 16.4. The number of nitrogens with zero attached hydrogens (tertiary/aromatic N) is 6. The number of nitrogens with one attached hydrogen (secondary N) is 1. The van der Waals surface area contributed by atoms with Crippen molar-refractivity contribution in [1.29, 1.82) is 0 Å². The Hall–Kier alpha value is -5.92. The Bertz CT molecular complexity index is 2400. The number of imidazole rings is 1. The van der Waals surface area contributed by atoms with Gasteiger partial charge in [-0.05, 0) is 67.1 Å². The van der Waals surface area contributed by atoms with Crippen LogP contribution < -0.4 is 0 Å². The molecule has 0 unspecified atom stereocenters. The van der Waals surface area contributed by atoms with E-state index < -0.39 is 67.9 Å². The molecule has 310 valence electrons. The van der Waals surface area contributed by atoms with Crippen molar-refractivity contribution >= 4 is 23.1 Å². The quantitative estimate of drug-likeness (QED) is 0.135. The van der Waals surface area contributed by atoms with Crippen LogP contribution in [-0.4, -0.2) is 106 Å². The van der Waals surface area contributed by atoms with Crippen molar-refractivity contribution in [1.82, 2.24) is 29.6 Å². The largest absolute Gasteiger partial charge is 0.340 e. The summed E-state index contributed by atoms with van der Waals surface area (Å²) in [6.45, 7) is -1.34. The Balaban J connectivity index is 0.932. The molecule has 13 heteroatoms. The summed E-state index contributed by atoms with van der Waals surface area (Å²) in [5, 5.41) is 0. The summed E-state index contributed by atoms with van der Waals surface area (Å²) in [6.07, 6.45) is 2.68. The number of aromatic amines is 1. The number of aliphatic imine (C=N–C) groups is 1. The molecule has 4 aromatic carbocycles. The zero-order valence-electron chi connectivity index (χ0n) is 33.9. The Kier molecular flexibility index (Phi) is 11.1. The number of likely N-dealkylation sites (N-methyl/N-ethyl adjacent to an activating group) is 2. The van der Waals surface area contributed by atoms with E-state index in [1.54, 1.807) is 50.4 Å². The fraction of sp³-hybridized carbons (Fsp3) is 0.319. The van der Waals surface area contributed by atoms with Gasteiger partial charge in [0.15, 0.2) is 0 Å². The van der Waals surface area contributed by atoms with E-state index in [1.807, 2.05) is 109 Å². The number of aromatic nitrogens is 2. The van der Waals surface area contributed by atoms with Crippen LogP contribution in [0.3, 0.4) is 0 Å². The van der Waals surface area contributed by atoms with Crippen molar-refractivity contribution in [2.75, 3.05) is 41.3 Å². The second kappa shape index (κ2) is 16.3. The van der Waals surface area contributed by atoms with Crippen molar-refractivity contribution in [3.05, 3.63) is 144 Å². The Morgan fingerprint density at radius 1 is 0.650 bits per heavy atom. The molecule has 3 aliphatic rings. The van der Waals surface area contributed by atoms with E-state index in [1.165, 1.54) is 9.80 Å². The number of hydrogen-bond donors (Lipinski definition) is 1. The molecule has 1 N–H and O–H groups in total. The number of alkyl halides is 4. The Morgan fingerprint density at radius 2 is 1.10 bits per heavy atom. The number of rotatable bonds is 11. The first-order valence-corrected chi connectivity index (χ1v) is 20.0. The van der Waals surface area contributed by atoms with Gasteiger partial charge in [-0.15, -0.1) is 0 Å². The molecular weight excluding hydrogens is 771 g/mol. The molecule has 4 atom stereocenters. The van der Waals surface area contributed by atoms with Crippen LogP contribution in [0.25, 0.3) is 28.0 Å². The van der Waals surface area contributed by atoms with Crippen LogP contribution in [0.15, 0.2) is 127 Å². The maximum absolute atomic E-state index is 15.0. The Morgan fingerprint density at radius 3 is 1.60 bits per heavy atom. The molecule has 3 aliphatic heterocycles. The highest BCUT2D eigenvalue weighted by atomic mass is 19.3. The molecule has 0 saturated carbocycles. The molecule has 4 heterocycles. The number of allylic oxidation sites excluding steroid dienone is 1. The average molecular weight is 818 g/mol. The number of hydrogen-bond acceptors (Lipinski definition) is 6. The van der Waals surface area contributed by atoms with Crippen molar-refractivity contribution in [3.63, 3.8) is 0 Å². The number of amides is 2. The lowest BCUT2D eigenvalue weighted by Gasteiger charge is -2.32. The van der Waals surface area contributed by atoms with Gasteiger partial charge in [-0.25, -0.2) is 22.5 Å². The first kappa shape index (κ1) is 40.8. The summed E-state index contributed by atoms with van der Waals surface area (Å²) < 4.78 is 59.9. The van der Waals surface area contributed by atoms with Gasteiger partial charge in [0.05, 0.1) is 37.1 Å².